The lowest BCUT2D eigenvalue weighted by Gasteiger charge is -2.02. The molecule has 1 aromatic rings. The molecule has 0 fully saturated rings. The molecule has 0 radical (unpaired) electrons. The molecule has 0 saturated carbocycles. The van der Waals surface area contributed by atoms with Crippen molar-refractivity contribution >= 4 is 29.3 Å². The average molecular weight is 226 g/mol. The molecule has 78 valence electrons. The van der Waals surface area contributed by atoms with Crippen LogP contribution in [0.15, 0.2) is 23.2 Å². The number of nitrogens with zero attached hydrogens (tertiary/aromatic N) is 1. The molecule has 0 spiro atoms. The quantitative estimate of drug-likeness (QED) is 0.451. The van der Waals surface area contributed by atoms with Crippen LogP contribution in [-0.4, -0.2) is 18.7 Å². The van der Waals surface area contributed by atoms with E-state index in [-0.39, 0.29) is 17.9 Å². The minimum atomic E-state index is -0.498. The Bertz CT molecular complexity index is 425. The summed E-state index contributed by atoms with van der Waals surface area (Å²) in [5, 5.41) is 0.314. The molecule has 0 amide bonds. The van der Waals surface area contributed by atoms with Crippen LogP contribution in [0, 0.1) is 0 Å². The minimum Gasteiger partial charge on any atom is -0.462 e. The summed E-state index contributed by atoms with van der Waals surface area (Å²) < 4.78 is 4.78. The Hall–Kier alpha value is -1.64. The molecule has 0 aliphatic rings. The molecule has 0 aliphatic carbocycles. The number of esters is 1. The van der Waals surface area contributed by atoms with Crippen LogP contribution in [0.1, 0.15) is 17.3 Å². The molecule has 0 aliphatic heterocycles. The molecule has 15 heavy (non-hydrogen) atoms. The standard InChI is InChI=1S/C10H8ClNO3/c1-2-15-10(14)7-3-8(11)5-9(4-7)12-6-13/h3-5H,2H2,1H3. The normalized spacial score (nSPS) is 9.20. The molecule has 0 unspecified atom stereocenters. The summed E-state index contributed by atoms with van der Waals surface area (Å²) in [5.41, 5.74) is 0.541. The van der Waals surface area contributed by atoms with Gasteiger partial charge in [0.2, 0.25) is 6.08 Å². The number of hydrogen-bond donors (Lipinski definition) is 0. The highest BCUT2D eigenvalue weighted by atomic mass is 35.5. The zero-order chi connectivity index (χ0) is 11.3. The Morgan fingerprint density at radius 3 is 2.87 bits per heavy atom. The number of benzene rings is 1. The van der Waals surface area contributed by atoms with Crippen molar-refractivity contribution in [3.63, 3.8) is 0 Å². The van der Waals surface area contributed by atoms with E-state index >= 15 is 0 Å². The summed E-state index contributed by atoms with van der Waals surface area (Å²) in [6.45, 7) is 1.98. The van der Waals surface area contributed by atoms with Gasteiger partial charge in [-0.15, -0.1) is 0 Å². The topological polar surface area (TPSA) is 55.7 Å². The van der Waals surface area contributed by atoms with Crippen LogP contribution in [0.4, 0.5) is 5.69 Å². The van der Waals surface area contributed by atoms with Crippen molar-refractivity contribution in [2.24, 2.45) is 4.99 Å². The van der Waals surface area contributed by atoms with E-state index < -0.39 is 5.97 Å². The third-order valence-electron chi connectivity index (χ3n) is 1.57. The van der Waals surface area contributed by atoms with Crippen molar-refractivity contribution in [2.45, 2.75) is 6.92 Å². The van der Waals surface area contributed by atoms with Gasteiger partial charge in [-0.2, -0.15) is 4.99 Å². The van der Waals surface area contributed by atoms with Crippen LogP contribution in [-0.2, 0) is 9.53 Å². The highest BCUT2D eigenvalue weighted by molar-refractivity contribution is 6.31. The average Bonchev–Trinajstić information content (AvgIpc) is 2.17. The van der Waals surface area contributed by atoms with Crippen LogP contribution < -0.4 is 0 Å². The van der Waals surface area contributed by atoms with E-state index in [0.717, 1.165) is 0 Å². The molecule has 5 heteroatoms. The van der Waals surface area contributed by atoms with Crippen molar-refractivity contribution in [2.75, 3.05) is 6.61 Å². The van der Waals surface area contributed by atoms with Crippen LogP contribution in [0.5, 0.6) is 0 Å². The van der Waals surface area contributed by atoms with Gasteiger partial charge in [-0.3, -0.25) is 0 Å². The lowest BCUT2D eigenvalue weighted by molar-refractivity contribution is 0.0526. The van der Waals surface area contributed by atoms with Gasteiger partial charge in [0.15, 0.2) is 0 Å². The summed E-state index contributed by atoms with van der Waals surface area (Å²) in [5.74, 6) is -0.498. The Balaban J connectivity index is 3.08. The van der Waals surface area contributed by atoms with E-state index in [1.807, 2.05) is 0 Å². The fourth-order valence-electron chi connectivity index (χ4n) is 1.02. The summed E-state index contributed by atoms with van der Waals surface area (Å²) in [7, 11) is 0. The number of carbonyl (C=O) groups excluding carboxylic acids is 2. The molecule has 0 atom stereocenters. The fraction of sp³-hybridized carbons (Fsp3) is 0.200. The number of carbonyl (C=O) groups is 1. The molecular formula is C10H8ClNO3. The van der Waals surface area contributed by atoms with Crippen molar-refractivity contribution in [1.82, 2.24) is 0 Å². The second kappa shape index (κ2) is 5.29. The van der Waals surface area contributed by atoms with E-state index in [1.165, 1.54) is 24.3 Å². The number of hydrogen-bond acceptors (Lipinski definition) is 4. The first-order valence-electron chi connectivity index (χ1n) is 4.23. The minimum absolute atomic E-state index is 0.262. The SMILES string of the molecule is CCOC(=O)c1cc(Cl)cc(N=C=O)c1. The van der Waals surface area contributed by atoms with Gasteiger partial charge in [-0.1, -0.05) is 11.6 Å². The Morgan fingerprint density at radius 2 is 2.27 bits per heavy atom. The van der Waals surface area contributed by atoms with Crippen molar-refractivity contribution in [3.05, 3.63) is 28.8 Å². The summed E-state index contributed by atoms with van der Waals surface area (Å²) >= 11 is 5.73. The van der Waals surface area contributed by atoms with Crippen LogP contribution >= 0.6 is 11.6 Å². The third kappa shape index (κ3) is 3.20. The predicted molar refractivity (Wildman–Crippen MR) is 55.2 cm³/mol. The van der Waals surface area contributed by atoms with Crippen molar-refractivity contribution in [1.29, 1.82) is 0 Å². The van der Waals surface area contributed by atoms with Crippen molar-refractivity contribution in [3.8, 4) is 0 Å². The van der Waals surface area contributed by atoms with Gasteiger partial charge in [-0.05, 0) is 25.1 Å². The fourth-order valence-corrected chi connectivity index (χ4v) is 1.25. The number of isocyanates is 1. The van der Waals surface area contributed by atoms with E-state index in [1.54, 1.807) is 6.92 Å². The molecule has 0 aromatic heterocycles. The summed E-state index contributed by atoms with van der Waals surface area (Å²) in [4.78, 5) is 24.7. The molecule has 0 N–H and O–H groups in total. The maximum Gasteiger partial charge on any atom is 0.338 e. The molecule has 4 nitrogen and oxygen atoms in total. The Kier molecular flexibility index (Phi) is 4.03. The van der Waals surface area contributed by atoms with Gasteiger partial charge < -0.3 is 4.74 Å². The van der Waals surface area contributed by atoms with Gasteiger partial charge in [0.25, 0.3) is 0 Å². The van der Waals surface area contributed by atoms with Crippen LogP contribution in [0.3, 0.4) is 0 Å². The molecular weight excluding hydrogens is 218 g/mol. The molecule has 0 saturated heterocycles. The second-order valence-corrected chi connectivity index (χ2v) is 3.06. The molecule has 0 bridgehead atoms. The number of halogens is 1. The Labute approximate surface area is 91.5 Å². The maximum absolute atomic E-state index is 11.3. The smallest absolute Gasteiger partial charge is 0.338 e. The maximum atomic E-state index is 11.3. The molecule has 1 aromatic carbocycles. The van der Waals surface area contributed by atoms with Crippen LogP contribution in [0.2, 0.25) is 5.02 Å². The van der Waals surface area contributed by atoms with Gasteiger partial charge >= 0.3 is 5.97 Å². The van der Waals surface area contributed by atoms with Gasteiger partial charge in [0.1, 0.15) is 0 Å². The zero-order valence-corrected chi connectivity index (χ0v) is 8.75. The third-order valence-corrected chi connectivity index (χ3v) is 1.79. The number of ether oxygens (including phenoxy) is 1. The molecule has 1 rings (SSSR count). The largest absolute Gasteiger partial charge is 0.462 e. The first-order chi connectivity index (χ1) is 7.17. The Morgan fingerprint density at radius 1 is 1.53 bits per heavy atom. The lowest BCUT2D eigenvalue weighted by atomic mass is 10.2. The highest BCUT2D eigenvalue weighted by Crippen LogP contribution is 2.21. The summed E-state index contributed by atoms with van der Waals surface area (Å²) in [6.07, 6.45) is 1.37. The van der Waals surface area contributed by atoms with Gasteiger partial charge in [0.05, 0.1) is 17.9 Å². The van der Waals surface area contributed by atoms with Crippen LogP contribution in [0.25, 0.3) is 0 Å². The van der Waals surface area contributed by atoms with E-state index in [0.29, 0.717) is 5.02 Å². The van der Waals surface area contributed by atoms with E-state index in [4.69, 9.17) is 16.3 Å². The zero-order valence-electron chi connectivity index (χ0n) is 7.99. The lowest BCUT2D eigenvalue weighted by Crippen LogP contribution is -2.04. The second-order valence-electron chi connectivity index (χ2n) is 2.62. The van der Waals surface area contributed by atoms with Gasteiger partial charge in [-0.25, -0.2) is 9.59 Å². The first kappa shape index (κ1) is 11.4. The monoisotopic (exact) mass is 225 g/mol. The summed E-state index contributed by atoms with van der Waals surface area (Å²) in [6, 6.07) is 4.31. The van der Waals surface area contributed by atoms with E-state index in [2.05, 4.69) is 4.99 Å². The first-order valence-corrected chi connectivity index (χ1v) is 4.60. The van der Waals surface area contributed by atoms with Crippen molar-refractivity contribution < 1.29 is 14.3 Å². The van der Waals surface area contributed by atoms with E-state index in [9.17, 15) is 9.59 Å². The number of aliphatic imine (C=N–C) groups is 1. The molecule has 0 heterocycles. The number of rotatable bonds is 3. The highest BCUT2D eigenvalue weighted by Gasteiger charge is 2.08. The van der Waals surface area contributed by atoms with Gasteiger partial charge in [0, 0.05) is 5.02 Å². The predicted octanol–water partition coefficient (Wildman–Crippen LogP) is 2.48.